The van der Waals surface area contributed by atoms with Crippen molar-refractivity contribution in [3.05, 3.63) is 28.8 Å². The van der Waals surface area contributed by atoms with Gasteiger partial charge in [-0.15, -0.1) is 12.6 Å². The van der Waals surface area contributed by atoms with E-state index in [9.17, 15) is 4.79 Å². The highest BCUT2D eigenvalue weighted by Gasteiger charge is 2.13. The standard InChI is InChI=1S/C10H9NO3S/c1-14-10(13)8-2-6(4-11)7(5-12)3-9(8)15/h2-3,12,15H,5H2,1H3. The summed E-state index contributed by atoms with van der Waals surface area (Å²) >= 11 is 4.08. The molecule has 0 fully saturated rings. The molecule has 0 aliphatic carbocycles. The first-order valence-electron chi connectivity index (χ1n) is 4.09. The van der Waals surface area contributed by atoms with Gasteiger partial charge in [0.25, 0.3) is 0 Å². The van der Waals surface area contributed by atoms with Gasteiger partial charge in [0.1, 0.15) is 0 Å². The fourth-order valence-corrected chi connectivity index (χ4v) is 1.45. The third-order valence-corrected chi connectivity index (χ3v) is 2.29. The summed E-state index contributed by atoms with van der Waals surface area (Å²) in [7, 11) is 1.25. The zero-order chi connectivity index (χ0) is 11.4. The average molecular weight is 223 g/mol. The van der Waals surface area contributed by atoms with Crippen molar-refractivity contribution in [3.8, 4) is 6.07 Å². The van der Waals surface area contributed by atoms with Crippen molar-refractivity contribution >= 4 is 18.6 Å². The van der Waals surface area contributed by atoms with Crippen LogP contribution in [0.25, 0.3) is 0 Å². The molecule has 0 radical (unpaired) electrons. The number of nitriles is 1. The molecule has 0 saturated heterocycles. The minimum atomic E-state index is -0.555. The second kappa shape index (κ2) is 4.82. The van der Waals surface area contributed by atoms with Gasteiger partial charge in [-0.05, 0) is 17.7 Å². The van der Waals surface area contributed by atoms with Gasteiger partial charge in [0, 0.05) is 4.90 Å². The number of hydrogen-bond acceptors (Lipinski definition) is 5. The number of hydrogen-bond donors (Lipinski definition) is 2. The smallest absolute Gasteiger partial charge is 0.339 e. The molecule has 5 heteroatoms. The van der Waals surface area contributed by atoms with Gasteiger partial charge in [-0.1, -0.05) is 0 Å². The predicted molar refractivity (Wildman–Crippen MR) is 55.7 cm³/mol. The SMILES string of the molecule is COC(=O)c1cc(C#N)c(CO)cc1S. The number of carbonyl (C=O) groups is 1. The molecule has 78 valence electrons. The fraction of sp³-hybridized carbons (Fsp3) is 0.200. The van der Waals surface area contributed by atoms with Gasteiger partial charge in [0.2, 0.25) is 0 Å². The van der Waals surface area contributed by atoms with Crippen LogP contribution >= 0.6 is 12.6 Å². The number of benzene rings is 1. The molecule has 0 saturated carbocycles. The number of aliphatic hydroxyl groups is 1. The second-order valence-corrected chi connectivity index (χ2v) is 3.27. The molecule has 1 N–H and O–H groups in total. The summed E-state index contributed by atoms with van der Waals surface area (Å²) in [6.07, 6.45) is 0. The van der Waals surface area contributed by atoms with E-state index in [2.05, 4.69) is 17.4 Å². The molecule has 0 aromatic heterocycles. The van der Waals surface area contributed by atoms with Crippen molar-refractivity contribution in [1.82, 2.24) is 0 Å². The van der Waals surface area contributed by atoms with Crippen LogP contribution in [0.3, 0.4) is 0 Å². The Morgan fingerprint density at radius 3 is 2.80 bits per heavy atom. The molecule has 0 heterocycles. The third-order valence-electron chi connectivity index (χ3n) is 1.92. The van der Waals surface area contributed by atoms with Gasteiger partial charge in [-0.25, -0.2) is 4.79 Å². The highest BCUT2D eigenvalue weighted by molar-refractivity contribution is 7.80. The van der Waals surface area contributed by atoms with Crippen LogP contribution in [0.1, 0.15) is 21.5 Å². The first-order valence-corrected chi connectivity index (χ1v) is 4.54. The van der Waals surface area contributed by atoms with Gasteiger partial charge >= 0.3 is 5.97 Å². The average Bonchev–Trinajstić information content (AvgIpc) is 2.27. The molecule has 0 amide bonds. The van der Waals surface area contributed by atoms with Crippen molar-refractivity contribution in [3.63, 3.8) is 0 Å². The first-order chi connectivity index (χ1) is 7.13. The van der Waals surface area contributed by atoms with Gasteiger partial charge in [-0.2, -0.15) is 5.26 Å². The summed E-state index contributed by atoms with van der Waals surface area (Å²) in [4.78, 5) is 11.6. The van der Waals surface area contributed by atoms with E-state index in [-0.39, 0.29) is 17.7 Å². The minimum Gasteiger partial charge on any atom is -0.465 e. The number of carbonyl (C=O) groups excluding carboxylic acids is 1. The van der Waals surface area contributed by atoms with Crippen molar-refractivity contribution in [2.24, 2.45) is 0 Å². The number of esters is 1. The predicted octanol–water partition coefficient (Wildman–Crippen LogP) is 1.13. The van der Waals surface area contributed by atoms with Gasteiger partial charge in [0.05, 0.1) is 30.9 Å². The maximum Gasteiger partial charge on any atom is 0.339 e. The van der Waals surface area contributed by atoms with E-state index in [1.54, 1.807) is 0 Å². The molecule has 1 rings (SSSR count). The van der Waals surface area contributed by atoms with Crippen LogP contribution < -0.4 is 0 Å². The topological polar surface area (TPSA) is 70.3 Å². The zero-order valence-corrected chi connectivity index (χ0v) is 8.91. The zero-order valence-electron chi connectivity index (χ0n) is 8.02. The molecule has 4 nitrogen and oxygen atoms in total. The monoisotopic (exact) mass is 223 g/mol. The largest absolute Gasteiger partial charge is 0.465 e. The molecule has 0 aliphatic heterocycles. The van der Waals surface area contributed by atoms with E-state index in [1.165, 1.54) is 19.2 Å². The Labute approximate surface area is 92.5 Å². The van der Waals surface area contributed by atoms with Crippen LogP contribution in [0.2, 0.25) is 0 Å². The first kappa shape index (κ1) is 11.6. The number of rotatable bonds is 2. The van der Waals surface area contributed by atoms with Crippen LogP contribution in [0, 0.1) is 11.3 Å². The van der Waals surface area contributed by atoms with E-state index in [0.717, 1.165) is 0 Å². The Hall–Kier alpha value is -1.51. The molecule has 0 bridgehead atoms. The molecule has 0 unspecified atom stereocenters. The molecular formula is C10H9NO3S. The van der Waals surface area contributed by atoms with Crippen LogP contribution in [-0.4, -0.2) is 18.2 Å². The summed E-state index contributed by atoms with van der Waals surface area (Å²) in [6.45, 7) is -0.266. The summed E-state index contributed by atoms with van der Waals surface area (Å²) in [6, 6.07) is 4.73. The maximum atomic E-state index is 11.3. The molecule has 1 aromatic carbocycles. The minimum absolute atomic E-state index is 0.217. The summed E-state index contributed by atoms with van der Waals surface area (Å²) in [5.74, 6) is -0.555. The lowest BCUT2D eigenvalue weighted by molar-refractivity contribution is 0.0596. The van der Waals surface area contributed by atoms with Gasteiger partial charge in [-0.3, -0.25) is 0 Å². The Morgan fingerprint density at radius 1 is 1.67 bits per heavy atom. The lowest BCUT2D eigenvalue weighted by Gasteiger charge is -2.06. The van der Waals surface area contributed by atoms with Crippen molar-refractivity contribution in [2.75, 3.05) is 7.11 Å². The van der Waals surface area contributed by atoms with Crippen LogP contribution in [0.15, 0.2) is 17.0 Å². The van der Waals surface area contributed by atoms with E-state index >= 15 is 0 Å². The molecule has 15 heavy (non-hydrogen) atoms. The number of nitrogens with zero attached hydrogens (tertiary/aromatic N) is 1. The van der Waals surface area contributed by atoms with Gasteiger partial charge in [0.15, 0.2) is 0 Å². The third kappa shape index (κ3) is 2.29. The fourth-order valence-electron chi connectivity index (χ4n) is 1.14. The van der Waals surface area contributed by atoms with Crippen molar-refractivity contribution in [1.29, 1.82) is 5.26 Å². The number of ether oxygens (including phenoxy) is 1. The van der Waals surface area contributed by atoms with E-state index in [4.69, 9.17) is 10.4 Å². The van der Waals surface area contributed by atoms with E-state index in [0.29, 0.717) is 10.5 Å². The number of methoxy groups -OCH3 is 1. The lowest BCUT2D eigenvalue weighted by atomic mass is 10.1. The van der Waals surface area contributed by atoms with Crippen LogP contribution in [0.5, 0.6) is 0 Å². The van der Waals surface area contributed by atoms with Crippen LogP contribution in [-0.2, 0) is 11.3 Å². The van der Waals surface area contributed by atoms with E-state index < -0.39 is 5.97 Å². The highest BCUT2D eigenvalue weighted by atomic mass is 32.1. The van der Waals surface area contributed by atoms with Crippen LogP contribution in [0.4, 0.5) is 0 Å². The second-order valence-electron chi connectivity index (χ2n) is 2.79. The van der Waals surface area contributed by atoms with E-state index in [1.807, 2.05) is 6.07 Å². The summed E-state index contributed by atoms with van der Waals surface area (Å²) in [5.41, 5.74) is 0.903. The summed E-state index contributed by atoms with van der Waals surface area (Å²) in [5, 5.41) is 17.7. The Kier molecular flexibility index (Phi) is 3.72. The Bertz CT molecular complexity index is 437. The Balaban J connectivity index is 3.33. The van der Waals surface area contributed by atoms with Crippen molar-refractivity contribution in [2.45, 2.75) is 11.5 Å². The van der Waals surface area contributed by atoms with Gasteiger partial charge < -0.3 is 9.84 Å². The molecule has 1 aromatic rings. The Morgan fingerprint density at radius 2 is 2.33 bits per heavy atom. The normalized spacial score (nSPS) is 9.47. The highest BCUT2D eigenvalue weighted by Crippen LogP contribution is 2.20. The molecule has 0 aliphatic rings. The number of aliphatic hydroxyl groups excluding tert-OH is 1. The quantitative estimate of drug-likeness (QED) is 0.582. The molecule has 0 spiro atoms. The molecule has 0 atom stereocenters. The maximum absolute atomic E-state index is 11.3. The summed E-state index contributed by atoms with van der Waals surface area (Å²) < 4.78 is 4.53. The lowest BCUT2D eigenvalue weighted by Crippen LogP contribution is -2.04. The van der Waals surface area contributed by atoms with Crippen molar-refractivity contribution < 1.29 is 14.6 Å². The number of thiol groups is 1. The molecular weight excluding hydrogens is 214 g/mol.